The Hall–Kier alpha value is -0.220. The Labute approximate surface area is 110 Å². The van der Waals surface area contributed by atoms with Gasteiger partial charge in [0, 0.05) is 11.3 Å². The first-order valence-corrected chi connectivity index (χ1v) is 7.79. The highest BCUT2D eigenvalue weighted by Gasteiger charge is 2.39. The summed E-state index contributed by atoms with van der Waals surface area (Å²) >= 11 is 1.82. The molecule has 0 aliphatic carbocycles. The summed E-state index contributed by atoms with van der Waals surface area (Å²) in [5.41, 5.74) is 0. The molecule has 0 radical (unpaired) electrons. The third-order valence-electron chi connectivity index (χ3n) is 3.42. The number of carbonyl (C=O) groups is 1. The van der Waals surface area contributed by atoms with Crippen LogP contribution >= 0.6 is 11.8 Å². The first kappa shape index (κ1) is 14.8. The summed E-state index contributed by atoms with van der Waals surface area (Å²) < 4.78 is 0.131. The lowest BCUT2D eigenvalue weighted by molar-refractivity contribution is -0.130. The van der Waals surface area contributed by atoms with E-state index < -0.39 is 0 Å². The summed E-state index contributed by atoms with van der Waals surface area (Å²) in [6.07, 6.45) is 5.32. The molecule has 3 nitrogen and oxygen atoms in total. The average Bonchev–Trinajstić information content (AvgIpc) is 2.57. The van der Waals surface area contributed by atoms with E-state index in [9.17, 15) is 4.79 Å². The normalized spacial score (nSPS) is 25.7. The minimum absolute atomic E-state index is 0.0441. The second-order valence-corrected chi connectivity index (χ2v) is 6.88. The number of rotatable bonds is 6. The van der Waals surface area contributed by atoms with Gasteiger partial charge in [-0.05, 0) is 32.9 Å². The van der Waals surface area contributed by atoms with Crippen molar-refractivity contribution in [1.29, 1.82) is 0 Å². The van der Waals surface area contributed by atoms with Crippen molar-refractivity contribution in [2.24, 2.45) is 0 Å². The Morgan fingerprint density at radius 1 is 1.41 bits per heavy atom. The maximum absolute atomic E-state index is 12.3. The van der Waals surface area contributed by atoms with Gasteiger partial charge in [-0.3, -0.25) is 10.1 Å². The molecule has 100 valence electrons. The molecule has 0 aromatic rings. The summed E-state index contributed by atoms with van der Waals surface area (Å²) in [6.45, 7) is 9.50. The molecule has 4 heteroatoms. The van der Waals surface area contributed by atoms with Crippen LogP contribution in [-0.2, 0) is 4.79 Å². The van der Waals surface area contributed by atoms with Gasteiger partial charge in [0.15, 0.2) is 0 Å². The van der Waals surface area contributed by atoms with Crippen molar-refractivity contribution in [2.75, 3.05) is 12.8 Å². The highest BCUT2D eigenvalue weighted by molar-refractivity contribution is 7.99. The number of amides is 1. The lowest BCUT2D eigenvalue weighted by Gasteiger charge is -2.32. The quantitative estimate of drug-likeness (QED) is 0.794. The second kappa shape index (κ2) is 6.10. The molecule has 0 saturated carbocycles. The van der Waals surface area contributed by atoms with Crippen LogP contribution in [0.1, 0.15) is 47.0 Å². The fourth-order valence-electron chi connectivity index (χ4n) is 2.24. The van der Waals surface area contributed by atoms with Crippen molar-refractivity contribution >= 4 is 17.7 Å². The van der Waals surface area contributed by atoms with Gasteiger partial charge in [0.25, 0.3) is 0 Å². The van der Waals surface area contributed by atoms with Gasteiger partial charge >= 0.3 is 0 Å². The Morgan fingerprint density at radius 3 is 2.53 bits per heavy atom. The fourth-order valence-corrected chi connectivity index (χ4v) is 2.51. The maximum atomic E-state index is 12.3. The number of hydrogen-bond donors (Lipinski definition) is 1. The molecule has 0 aromatic carbocycles. The smallest absolute Gasteiger partial charge is 0.241 e. The molecule has 2 atom stereocenters. The standard InChI is InChI=1S/C13H26N2OS/c1-6-8-10-12(16)15(11(7-2)14-10)9-13(3,4)17-5/h10-11,14H,6-9H2,1-5H3. The van der Waals surface area contributed by atoms with E-state index in [-0.39, 0.29) is 17.0 Å². The number of hydrogen-bond acceptors (Lipinski definition) is 3. The molecule has 1 amide bonds. The fraction of sp³-hybridized carbons (Fsp3) is 0.923. The number of thioether (sulfide) groups is 1. The summed E-state index contributed by atoms with van der Waals surface area (Å²) in [4.78, 5) is 14.4. The predicted octanol–water partition coefficient (Wildman–Crippen LogP) is 2.46. The summed E-state index contributed by atoms with van der Waals surface area (Å²) in [5, 5.41) is 3.46. The highest BCUT2D eigenvalue weighted by Crippen LogP contribution is 2.26. The number of carbonyl (C=O) groups excluding carboxylic acids is 1. The minimum Gasteiger partial charge on any atom is -0.324 e. The van der Waals surface area contributed by atoms with Gasteiger partial charge in [0.05, 0.1) is 12.2 Å². The summed E-state index contributed by atoms with van der Waals surface area (Å²) in [7, 11) is 0. The van der Waals surface area contributed by atoms with Crippen LogP contribution in [0.25, 0.3) is 0 Å². The predicted molar refractivity (Wildman–Crippen MR) is 75.2 cm³/mol. The lowest BCUT2D eigenvalue weighted by atomic mass is 10.1. The van der Waals surface area contributed by atoms with E-state index >= 15 is 0 Å². The average molecular weight is 258 g/mol. The zero-order chi connectivity index (χ0) is 13.1. The van der Waals surface area contributed by atoms with Crippen LogP contribution in [0, 0.1) is 0 Å². The Morgan fingerprint density at radius 2 is 2.06 bits per heavy atom. The van der Waals surface area contributed by atoms with Crippen LogP contribution in [-0.4, -0.2) is 40.6 Å². The molecule has 1 heterocycles. The molecule has 0 spiro atoms. The molecule has 1 fully saturated rings. The van der Waals surface area contributed by atoms with Crippen molar-refractivity contribution in [1.82, 2.24) is 10.2 Å². The van der Waals surface area contributed by atoms with Gasteiger partial charge < -0.3 is 4.90 Å². The molecule has 0 aromatic heterocycles. The molecule has 1 aliphatic rings. The summed E-state index contributed by atoms with van der Waals surface area (Å²) in [6, 6.07) is 0.0441. The minimum atomic E-state index is 0.0441. The Kier molecular flexibility index (Phi) is 5.32. The van der Waals surface area contributed by atoms with Crippen LogP contribution in [0.2, 0.25) is 0 Å². The van der Waals surface area contributed by atoms with Gasteiger partial charge in [0.1, 0.15) is 0 Å². The first-order chi connectivity index (χ1) is 7.95. The summed E-state index contributed by atoms with van der Waals surface area (Å²) in [5.74, 6) is 0.292. The topological polar surface area (TPSA) is 32.3 Å². The van der Waals surface area contributed by atoms with Crippen molar-refractivity contribution < 1.29 is 4.79 Å². The van der Waals surface area contributed by atoms with Gasteiger partial charge in [-0.2, -0.15) is 11.8 Å². The molecule has 17 heavy (non-hydrogen) atoms. The highest BCUT2D eigenvalue weighted by atomic mass is 32.2. The van der Waals surface area contributed by atoms with E-state index in [1.807, 2.05) is 16.7 Å². The maximum Gasteiger partial charge on any atom is 0.241 e. The van der Waals surface area contributed by atoms with Gasteiger partial charge in [-0.1, -0.05) is 20.3 Å². The van der Waals surface area contributed by atoms with Crippen LogP contribution in [0.5, 0.6) is 0 Å². The molecule has 1 saturated heterocycles. The van der Waals surface area contributed by atoms with Crippen LogP contribution in [0.3, 0.4) is 0 Å². The van der Waals surface area contributed by atoms with E-state index in [4.69, 9.17) is 0 Å². The van der Waals surface area contributed by atoms with E-state index in [0.29, 0.717) is 5.91 Å². The third kappa shape index (κ3) is 3.62. The first-order valence-electron chi connectivity index (χ1n) is 6.56. The molecule has 2 unspecified atom stereocenters. The van der Waals surface area contributed by atoms with Gasteiger partial charge in [-0.15, -0.1) is 0 Å². The largest absolute Gasteiger partial charge is 0.324 e. The van der Waals surface area contributed by atoms with Crippen LogP contribution in [0.4, 0.5) is 0 Å². The molecule has 1 N–H and O–H groups in total. The van der Waals surface area contributed by atoms with Gasteiger partial charge in [-0.25, -0.2) is 0 Å². The van der Waals surface area contributed by atoms with Gasteiger partial charge in [0.2, 0.25) is 5.91 Å². The van der Waals surface area contributed by atoms with Crippen LogP contribution < -0.4 is 5.32 Å². The number of nitrogens with one attached hydrogen (secondary N) is 1. The van der Waals surface area contributed by atoms with Crippen molar-refractivity contribution in [3.63, 3.8) is 0 Å². The Bertz CT molecular complexity index is 268. The van der Waals surface area contributed by atoms with Crippen LogP contribution in [0.15, 0.2) is 0 Å². The zero-order valence-electron chi connectivity index (χ0n) is 11.7. The van der Waals surface area contributed by atoms with E-state index in [0.717, 1.165) is 25.8 Å². The SMILES string of the molecule is CCCC1NC(CC)N(CC(C)(C)SC)C1=O. The molecular weight excluding hydrogens is 232 g/mol. The van der Waals surface area contributed by atoms with E-state index in [2.05, 4.69) is 39.3 Å². The zero-order valence-corrected chi connectivity index (χ0v) is 12.6. The number of nitrogens with zero attached hydrogens (tertiary/aromatic N) is 1. The lowest BCUT2D eigenvalue weighted by Crippen LogP contribution is -2.44. The van der Waals surface area contributed by atoms with Crippen molar-refractivity contribution in [3.8, 4) is 0 Å². The molecule has 1 rings (SSSR count). The monoisotopic (exact) mass is 258 g/mol. The second-order valence-electron chi connectivity index (χ2n) is 5.36. The van der Waals surface area contributed by atoms with E-state index in [1.54, 1.807) is 0 Å². The third-order valence-corrected chi connectivity index (χ3v) is 4.65. The Balaban J connectivity index is 2.72. The molecule has 1 aliphatic heterocycles. The van der Waals surface area contributed by atoms with Crippen molar-refractivity contribution in [2.45, 2.75) is 63.9 Å². The molecular formula is C13H26N2OS. The van der Waals surface area contributed by atoms with Crippen molar-refractivity contribution in [3.05, 3.63) is 0 Å². The molecule has 0 bridgehead atoms. The van der Waals surface area contributed by atoms with E-state index in [1.165, 1.54) is 0 Å².